The highest BCUT2D eigenvalue weighted by Crippen LogP contribution is 2.33. The molecule has 27 heavy (non-hydrogen) atoms. The Morgan fingerprint density at radius 2 is 2.07 bits per heavy atom. The quantitative estimate of drug-likeness (QED) is 0.769. The maximum Gasteiger partial charge on any atom is 0.254 e. The van der Waals surface area contributed by atoms with Crippen LogP contribution in [0.2, 0.25) is 0 Å². The number of rotatable bonds is 3. The van der Waals surface area contributed by atoms with E-state index in [0.29, 0.717) is 18.8 Å². The van der Waals surface area contributed by atoms with E-state index in [-0.39, 0.29) is 17.4 Å². The maximum atomic E-state index is 13.5. The highest BCUT2D eigenvalue weighted by Gasteiger charge is 2.32. The van der Waals surface area contributed by atoms with E-state index in [2.05, 4.69) is 9.97 Å². The number of nitrogens with one attached hydrogen (secondary N) is 1. The number of fused-ring (bicyclic) bond motifs is 1. The lowest BCUT2D eigenvalue weighted by atomic mass is 9.90. The smallest absolute Gasteiger partial charge is 0.254 e. The first-order valence-electron chi connectivity index (χ1n) is 8.47. The van der Waals surface area contributed by atoms with Gasteiger partial charge < -0.3 is 14.6 Å². The minimum absolute atomic E-state index is 0.112. The largest absolute Gasteiger partial charge is 0.497 e. The van der Waals surface area contributed by atoms with Gasteiger partial charge in [-0.25, -0.2) is 13.8 Å². The van der Waals surface area contributed by atoms with Gasteiger partial charge in [0.2, 0.25) is 0 Å². The third-order valence-electron chi connectivity index (χ3n) is 4.78. The van der Waals surface area contributed by atoms with Crippen LogP contribution >= 0.6 is 0 Å². The fourth-order valence-electron chi connectivity index (χ4n) is 3.41. The second kappa shape index (κ2) is 6.83. The number of benzene rings is 2. The van der Waals surface area contributed by atoms with Crippen molar-refractivity contribution in [1.29, 1.82) is 0 Å². The summed E-state index contributed by atoms with van der Waals surface area (Å²) >= 11 is 0. The second-order valence-electron chi connectivity index (χ2n) is 6.41. The van der Waals surface area contributed by atoms with E-state index < -0.39 is 11.6 Å². The number of amides is 1. The van der Waals surface area contributed by atoms with Crippen molar-refractivity contribution in [3.05, 3.63) is 82.9 Å². The molecule has 0 aliphatic carbocycles. The molecule has 5 nitrogen and oxygen atoms in total. The van der Waals surface area contributed by atoms with Gasteiger partial charge >= 0.3 is 0 Å². The van der Waals surface area contributed by atoms with Crippen molar-refractivity contribution in [2.45, 2.75) is 12.5 Å². The minimum Gasteiger partial charge on any atom is -0.497 e. The molecule has 4 rings (SSSR count). The molecule has 1 aromatic heterocycles. The number of carbonyl (C=O) groups excluding carboxylic acids is 1. The average Bonchev–Trinajstić information content (AvgIpc) is 3.17. The first-order chi connectivity index (χ1) is 13.1. The van der Waals surface area contributed by atoms with Gasteiger partial charge in [-0.2, -0.15) is 0 Å². The van der Waals surface area contributed by atoms with Gasteiger partial charge in [0.25, 0.3) is 5.91 Å². The molecule has 7 heteroatoms. The summed E-state index contributed by atoms with van der Waals surface area (Å²) in [5.41, 5.74) is 2.77. The number of imidazole rings is 1. The minimum atomic E-state index is -1.04. The van der Waals surface area contributed by atoms with Crippen LogP contribution in [0.4, 0.5) is 8.78 Å². The molecule has 1 aliphatic rings. The zero-order valence-electron chi connectivity index (χ0n) is 14.6. The van der Waals surface area contributed by atoms with Crippen LogP contribution in [-0.4, -0.2) is 34.4 Å². The Labute approximate surface area is 154 Å². The number of hydrogen-bond acceptors (Lipinski definition) is 3. The Hall–Kier alpha value is -3.22. The molecule has 0 radical (unpaired) electrons. The first-order valence-corrected chi connectivity index (χ1v) is 8.47. The predicted molar refractivity (Wildman–Crippen MR) is 94.5 cm³/mol. The topological polar surface area (TPSA) is 58.2 Å². The van der Waals surface area contributed by atoms with E-state index in [0.717, 1.165) is 29.1 Å². The van der Waals surface area contributed by atoms with Gasteiger partial charge in [0.05, 0.1) is 31.4 Å². The lowest BCUT2D eigenvalue weighted by molar-refractivity contribution is 0.0721. The van der Waals surface area contributed by atoms with Gasteiger partial charge in [0.1, 0.15) is 5.75 Å². The molecule has 0 spiro atoms. The number of halogens is 2. The molecule has 0 saturated carbocycles. The van der Waals surface area contributed by atoms with Crippen LogP contribution in [0.25, 0.3) is 0 Å². The summed E-state index contributed by atoms with van der Waals surface area (Å²) in [7, 11) is 1.60. The van der Waals surface area contributed by atoms with Crippen LogP contribution in [0.5, 0.6) is 5.75 Å². The highest BCUT2D eigenvalue weighted by molar-refractivity contribution is 5.94. The van der Waals surface area contributed by atoms with E-state index in [9.17, 15) is 13.6 Å². The standard InChI is InChI=1S/C20H17F2N3O2/c1-27-14-4-2-3-12(7-14)15-9-25(10-18-19(15)24-11-23-18)20(26)13-5-6-16(21)17(22)8-13/h2-8,11,15H,9-10H2,1H3,(H,23,24). The van der Waals surface area contributed by atoms with Crippen LogP contribution in [0.3, 0.4) is 0 Å². The van der Waals surface area contributed by atoms with E-state index in [4.69, 9.17) is 4.74 Å². The van der Waals surface area contributed by atoms with Crippen LogP contribution in [-0.2, 0) is 6.54 Å². The van der Waals surface area contributed by atoms with Crippen molar-refractivity contribution >= 4 is 5.91 Å². The Bertz CT molecular complexity index is 1000. The zero-order chi connectivity index (χ0) is 19.0. The molecule has 138 valence electrons. The van der Waals surface area contributed by atoms with Crippen molar-refractivity contribution < 1.29 is 18.3 Å². The van der Waals surface area contributed by atoms with Crippen molar-refractivity contribution in [2.75, 3.05) is 13.7 Å². The zero-order valence-corrected chi connectivity index (χ0v) is 14.6. The summed E-state index contributed by atoms with van der Waals surface area (Å²) in [6, 6.07) is 10.8. The predicted octanol–water partition coefficient (Wildman–Crippen LogP) is 3.48. The van der Waals surface area contributed by atoms with Crippen molar-refractivity contribution in [3.8, 4) is 5.75 Å². The molecule has 1 aliphatic heterocycles. The molecule has 1 unspecified atom stereocenters. The Kier molecular flexibility index (Phi) is 4.35. The third kappa shape index (κ3) is 3.16. The molecule has 2 heterocycles. The number of carbonyl (C=O) groups is 1. The van der Waals surface area contributed by atoms with Crippen molar-refractivity contribution in [1.82, 2.24) is 14.9 Å². The maximum absolute atomic E-state index is 13.5. The molecule has 1 N–H and O–H groups in total. The number of H-pyrrole nitrogens is 1. The van der Waals surface area contributed by atoms with E-state index in [1.165, 1.54) is 6.07 Å². The molecular formula is C20H17F2N3O2. The van der Waals surface area contributed by atoms with Gasteiger partial charge in [-0.05, 0) is 35.9 Å². The normalized spacial score (nSPS) is 16.1. The van der Waals surface area contributed by atoms with Crippen LogP contribution in [0, 0.1) is 11.6 Å². The summed E-state index contributed by atoms with van der Waals surface area (Å²) < 4.78 is 32.0. The Morgan fingerprint density at radius 3 is 2.85 bits per heavy atom. The molecule has 3 aromatic rings. The number of aromatic amines is 1. The molecule has 0 bridgehead atoms. The van der Waals surface area contributed by atoms with E-state index >= 15 is 0 Å². The number of ether oxygens (including phenoxy) is 1. The van der Waals surface area contributed by atoms with Crippen molar-refractivity contribution in [2.24, 2.45) is 0 Å². The lowest BCUT2D eigenvalue weighted by Gasteiger charge is -2.32. The molecule has 0 fully saturated rings. The van der Waals surface area contributed by atoms with Crippen LogP contribution < -0.4 is 4.74 Å². The summed E-state index contributed by atoms with van der Waals surface area (Å²) in [6.45, 7) is 0.705. The fourth-order valence-corrected chi connectivity index (χ4v) is 3.41. The number of aromatic nitrogens is 2. The first kappa shape index (κ1) is 17.2. The van der Waals surface area contributed by atoms with Crippen LogP contribution in [0.15, 0.2) is 48.8 Å². The summed E-state index contributed by atoms with van der Waals surface area (Å²) in [5, 5.41) is 0. The molecule has 1 atom stereocenters. The third-order valence-corrected chi connectivity index (χ3v) is 4.78. The van der Waals surface area contributed by atoms with E-state index in [1.54, 1.807) is 18.3 Å². The fraction of sp³-hybridized carbons (Fsp3) is 0.200. The Balaban J connectivity index is 1.68. The number of hydrogen-bond donors (Lipinski definition) is 1. The Morgan fingerprint density at radius 1 is 1.22 bits per heavy atom. The highest BCUT2D eigenvalue weighted by atomic mass is 19.2. The lowest BCUT2D eigenvalue weighted by Crippen LogP contribution is -2.38. The molecule has 2 aromatic carbocycles. The van der Waals surface area contributed by atoms with Gasteiger partial charge in [-0.1, -0.05) is 12.1 Å². The van der Waals surface area contributed by atoms with Crippen molar-refractivity contribution in [3.63, 3.8) is 0 Å². The SMILES string of the molecule is COc1cccc(C2CN(C(=O)c3ccc(F)c(F)c3)Cc3[nH]cnc32)c1. The van der Waals surface area contributed by atoms with Gasteiger partial charge in [-0.15, -0.1) is 0 Å². The molecular weight excluding hydrogens is 352 g/mol. The summed E-state index contributed by atoms with van der Waals surface area (Å²) in [4.78, 5) is 22.0. The van der Waals surface area contributed by atoms with E-state index in [1.807, 2.05) is 24.3 Å². The summed E-state index contributed by atoms with van der Waals surface area (Å²) in [5.74, 6) is -1.81. The van der Waals surface area contributed by atoms with Gasteiger partial charge in [0.15, 0.2) is 11.6 Å². The van der Waals surface area contributed by atoms with Crippen LogP contribution in [0.1, 0.15) is 33.2 Å². The number of nitrogens with zero attached hydrogens (tertiary/aromatic N) is 2. The van der Waals surface area contributed by atoms with Gasteiger partial charge in [0, 0.05) is 18.0 Å². The summed E-state index contributed by atoms with van der Waals surface area (Å²) in [6.07, 6.45) is 1.60. The second-order valence-corrected chi connectivity index (χ2v) is 6.41. The average molecular weight is 369 g/mol. The molecule has 1 amide bonds. The van der Waals surface area contributed by atoms with Gasteiger partial charge in [-0.3, -0.25) is 4.79 Å². The number of methoxy groups -OCH3 is 1. The molecule has 0 saturated heterocycles. The monoisotopic (exact) mass is 369 g/mol.